The predicted molar refractivity (Wildman–Crippen MR) is 110 cm³/mol. The Labute approximate surface area is 167 Å². The molecule has 0 spiro atoms. The van der Waals surface area contributed by atoms with Gasteiger partial charge in [-0.05, 0) is 41.7 Å². The van der Waals surface area contributed by atoms with E-state index < -0.39 is 0 Å². The summed E-state index contributed by atoms with van der Waals surface area (Å²) in [5.74, 6) is 1.93. The Bertz CT molecular complexity index is 961. The number of aromatic amines is 1. The zero-order valence-electron chi connectivity index (χ0n) is 16.3. The van der Waals surface area contributed by atoms with Gasteiger partial charge in [0, 0.05) is 11.4 Å². The first kappa shape index (κ1) is 20.0. The molecule has 0 amide bonds. The topological polar surface area (TPSA) is 89.3 Å². The van der Waals surface area contributed by atoms with E-state index in [0.717, 1.165) is 53.8 Å². The van der Waals surface area contributed by atoms with Crippen molar-refractivity contribution in [3.63, 3.8) is 0 Å². The van der Waals surface area contributed by atoms with Gasteiger partial charge in [0.25, 0.3) is 5.56 Å². The van der Waals surface area contributed by atoms with Crippen LogP contribution in [0.5, 0.6) is 0 Å². The van der Waals surface area contributed by atoms with Crippen molar-refractivity contribution < 1.29 is 0 Å². The number of fused-ring (bicyclic) bond motifs is 1. The fraction of sp³-hybridized carbons (Fsp3) is 0.611. The van der Waals surface area contributed by atoms with Crippen LogP contribution in [-0.2, 0) is 18.7 Å². The number of hydrogen-bond donors (Lipinski definition) is 1. The van der Waals surface area contributed by atoms with E-state index in [-0.39, 0.29) is 5.56 Å². The van der Waals surface area contributed by atoms with Crippen LogP contribution in [0.3, 0.4) is 0 Å². The van der Waals surface area contributed by atoms with Gasteiger partial charge in [-0.1, -0.05) is 45.4 Å². The molecule has 0 aliphatic rings. The smallest absolute Gasteiger partial charge is 0.260 e. The second kappa shape index (κ2) is 8.97. The van der Waals surface area contributed by atoms with E-state index in [4.69, 9.17) is 4.98 Å². The summed E-state index contributed by atoms with van der Waals surface area (Å²) in [5.41, 5.74) is 1.11. The highest BCUT2D eigenvalue weighted by molar-refractivity contribution is 7.98. The lowest BCUT2D eigenvalue weighted by Gasteiger charge is -2.08. The molecule has 27 heavy (non-hydrogen) atoms. The Balaban J connectivity index is 1.81. The van der Waals surface area contributed by atoms with Gasteiger partial charge in [-0.2, -0.15) is 0 Å². The number of H-pyrrole nitrogens is 1. The molecular weight excluding hydrogens is 380 g/mol. The maximum absolute atomic E-state index is 12.7. The van der Waals surface area contributed by atoms with Gasteiger partial charge in [0.15, 0.2) is 11.0 Å². The van der Waals surface area contributed by atoms with Crippen molar-refractivity contribution >= 4 is 33.3 Å². The molecule has 0 radical (unpaired) electrons. The minimum atomic E-state index is -0.0456. The van der Waals surface area contributed by atoms with E-state index in [9.17, 15) is 4.79 Å². The molecule has 3 aromatic rings. The number of thioether (sulfide) groups is 1. The van der Waals surface area contributed by atoms with E-state index in [2.05, 4.69) is 48.2 Å². The molecule has 1 atom stereocenters. The van der Waals surface area contributed by atoms with Crippen LogP contribution < -0.4 is 5.56 Å². The SMILES string of the molecule is CCCCn1nnnc1CSc1nc2sc(C)c(C[C@@H](C)CC)c2c(=O)[nH]1. The zero-order valence-corrected chi connectivity index (χ0v) is 17.9. The first-order valence-corrected chi connectivity index (χ1v) is 11.2. The molecule has 0 bridgehead atoms. The number of thiophene rings is 1. The number of aryl methyl sites for hydroxylation is 2. The normalized spacial score (nSPS) is 12.7. The van der Waals surface area contributed by atoms with Crippen LogP contribution in [0, 0.1) is 12.8 Å². The fourth-order valence-electron chi connectivity index (χ4n) is 2.90. The number of aromatic nitrogens is 6. The van der Waals surface area contributed by atoms with Crippen LogP contribution in [0.25, 0.3) is 10.2 Å². The Kier molecular flexibility index (Phi) is 6.64. The van der Waals surface area contributed by atoms with Crippen LogP contribution in [0.15, 0.2) is 9.95 Å². The van der Waals surface area contributed by atoms with Gasteiger partial charge in [0.2, 0.25) is 0 Å². The van der Waals surface area contributed by atoms with Crippen molar-refractivity contribution in [2.24, 2.45) is 5.92 Å². The quantitative estimate of drug-likeness (QED) is 0.427. The van der Waals surface area contributed by atoms with E-state index in [0.29, 0.717) is 16.8 Å². The van der Waals surface area contributed by atoms with Crippen molar-refractivity contribution in [1.82, 2.24) is 30.2 Å². The third kappa shape index (κ3) is 4.57. The van der Waals surface area contributed by atoms with Gasteiger partial charge >= 0.3 is 0 Å². The predicted octanol–water partition coefficient (Wildman–Crippen LogP) is 3.96. The summed E-state index contributed by atoms with van der Waals surface area (Å²) in [7, 11) is 0. The summed E-state index contributed by atoms with van der Waals surface area (Å²) in [5, 5.41) is 13.3. The highest BCUT2D eigenvalue weighted by atomic mass is 32.2. The standard InChI is InChI=1S/C18H26N6OS2/c1-5-7-8-24-14(21-22-23-24)10-26-18-19-16(25)15-13(9-11(3)6-2)12(4)27-17(15)20-18/h11H,5-10H2,1-4H3,(H,19,20,25)/t11-/m0/s1. The highest BCUT2D eigenvalue weighted by Gasteiger charge is 2.17. The lowest BCUT2D eigenvalue weighted by molar-refractivity contribution is 0.540. The average Bonchev–Trinajstić information content (AvgIpc) is 3.22. The second-order valence-electron chi connectivity index (χ2n) is 6.87. The number of nitrogens with zero attached hydrogens (tertiary/aromatic N) is 5. The number of tetrazole rings is 1. The van der Waals surface area contributed by atoms with Gasteiger partial charge in [-0.15, -0.1) is 16.4 Å². The Morgan fingerprint density at radius 3 is 2.89 bits per heavy atom. The molecule has 9 heteroatoms. The fourth-order valence-corrected chi connectivity index (χ4v) is 4.81. The largest absolute Gasteiger partial charge is 0.301 e. The van der Waals surface area contributed by atoms with Crippen molar-refractivity contribution in [1.29, 1.82) is 0 Å². The molecule has 3 aromatic heterocycles. The van der Waals surface area contributed by atoms with Crippen molar-refractivity contribution in [2.45, 2.75) is 70.8 Å². The van der Waals surface area contributed by atoms with Gasteiger partial charge in [0.1, 0.15) is 4.83 Å². The van der Waals surface area contributed by atoms with Crippen molar-refractivity contribution in [2.75, 3.05) is 0 Å². The highest BCUT2D eigenvalue weighted by Crippen LogP contribution is 2.30. The van der Waals surface area contributed by atoms with E-state index in [1.54, 1.807) is 11.3 Å². The maximum Gasteiger partial charge on any atom is 0.260 e. The van der Waals surface area contributed by atoms with E-state index >= 15 is 0 Å². The first-order valence-electron chi connectivity index (χ1n) is 9.43. The van der Waals surface area contributed by atoms with Crippen LogP contribution in [-0.4, -0.2) is 30.2 Å². The zero-order chi connectivity index (χ0) is 19.4. The van der Waals surface area contributed by atoms with Crippen LogP contribution in [0.4, 0.5) is 0 Å². The summed E-state index contributed by atoms with van der Waals surface area (Å²) in [6, 6.07) is 0. The minimum absolute atomic E-state index is 0.0456. The molecule has 3 heterocycles. The third-order valence-corrected chi connectivity index (χ3v) is 6.67. The van der Waals surface area contributed by atoms with Crippen molar-refractivity contribution in [3.8, 4) is 0 Å². The first-order chi connectivity index (χ1) is 13.0. The van der Waals surface area contributed by atoms with E-state index in [1.807, 2.05) is 4.68 Å². The number of unbranched alkanes of at least 4 members (excludes halogenated alkanes) is 1. The summed E-state index contributed by atoms with van der Waals surface area (Å²) in [4.78, 5) is 22.4. The lowest BCUT2D eigenvalue weighted by Crippen LogP contribution is -2.11. The molecule has 0 saturated carbocycles. The van der Waals surface area contributed by atoms with Gasteiger partial charge in [-0.3, -0.25) is 4.79 Å². The second-order valence-corrected chi connectivity index (χ2v) is 9.03. The van der Waals surface area contributed by atoms with Gasteiger partial charge < -0.3 is 4.98 Å². The third-order valence-electron chi connectivity index (χ3n) is 4.76. The Morgan fingerprint density at radius 2 is 2.15 bits per heavy atom. The summed E-state index contributed by atoms with van der Waals surface area (Å²) >= 11 is 3.07. The van der Waals surface area contributed by atoms with Gasteiger partial charge in [0.05, 0.1) is 11.1 Å². The van der Waals surface area contributed by atoms with Gasteiger partial charge in [-0.25, -0.2) is 9.67 Å². The molecule has 0 saturated heterocycles. The molecule has 146 valence electrons. The number of nitrogens with one attached hydrogen (secondary N) is 1. The molecule has 1 N–H and O–H groups in total. The summed E-state index contributed by atoms with van der Waals surface area (Å²) in [6.07, 6.45) is 4.15. The van der Waals surface area contributed by atoms with E-state index in [1.165, 1.54) is 16.6 Å². The monoisotopic (exact) mass is 406 g/mol. The lowest BCUT2D eigenvalue weighted by atomic mass is 9.98. The minimum Gasteiger partial charge on any atom is -0.301 e. The van der Waals surface area contributed by atoms with Crippen LogP contribution in [0.2, 0.25) is 0 Å². The van der Waals surface area contributed by atoms with Crippen LogP contribution >= 0.6 is 23.1 Å². The Hall–Kier alpha value is -1.74. The molecule has 0 fully saturated rings. The molecule has 3 rings (SSSR count). The summed E-state index contributed by atoms with van der Waals surface area (Å²) < 4.78 is 1.83. The molecule has 0 aliphatic carbocycles. The molecular formula is C18H26N6OS2. The summed E-state index contributed by atoms with van der Waals surface area (Å²) in [6.45, 7) is 9.43. The van der Waals surface area contributed by atoms with Crippen molar-refractivity contribution in [3.05, 3.63) is 26.6 Å². The molecule has 0 unspecified atom stereocenters. The molecule has 7 nitrogen and oxygen atoms in total. The molecule has 0 aliphatic heterocycles. The number of hydrogen-bond acceptors (Lipinski definition) is 7. The molecule has 0 aromatic carbocycles. The Morgan fingerprint density at radius 1 is 1.33 bits per heavy atom. The maximum atomic E-state index is 12.7. The number of rotatable bonds is 9. The average molecular weight is 407 g/mol. The van der Waals surface area contributed by atoms with Crippen LogP contribution in [0.1, 0.15) is 56.3 Å².